The number of nitrogens with two attached hydrogens (primary N) is 1. The van der Waals surface area contributed by atoms with Gasteiger partial charge in [0.15, 0.2) is 11.5 Å². The number of nitrogens with zero attached hydrogens (tertiary/aromatic N) is 1. The Morgan fingerprint density at radius 1 is 1.56 bits per heavy atom. The summed E-state index contributed by atoms with van der Waals surface area (Å²) in [6, 6.07) is 4.86. The molecule has 4 heteroatoms. The number of aromatic hydroxyl groups is 1. The summed E-state index contributed by atoms with van der Waals surface area (Å²) >= 11 is 0. The lowest BCUT2D eigenvalue weighted by atomic mass is 9.99. The molecule has 1 aromatic rings. The first-order valence-electron chi connectivity index (χ1n) is 5.20. The average molecular weight is 220 g/mol. The number of methoxy groups -OCH3 is 1. The fourth-order valence-electron chi connectivity index (χ4n) is 1.60. The van der Waals surface area contributed by atoms with Gasteiger partial charge in [-0.1, -0.05) is 13.3 Å². The van der Waals surface area contributed by atoms with E-state index >= 15 is 0 Å². The monoisotopic (exact) mass is 220 g/mol. The maximum absolute atomic E-state index is 9.89. The number of benzene rings is 1. The maximum atomic E-state index is 9.89. The third kappa shape index (κ3) is 2.44. The molecule has 4 nitrogen and oxygen atoms in total. The Labute approximate surface area is 95.3 Å². The standard InChI is InChI=1S/C12H16N2O2/c1-3-4-10(14)9-5-8(7-13)6-11(16-2)12(9)15/h5-6,10,15H,3-4,14H2,1-2H3/t10-/m1/s1. The van der Waals surface area contributed by atoms with Crippen LogP contribution in [0.15, 0.2) is 12.1 Å². The van der Waals surface area contributed by atoms with Crippen molar-refractivity contribution in [1.29, 1.82) is 5.26 Å². The molecule has 86 valence electrons. The molecule has 0 unspecified atom stereocenters. The molecule has 1 atom stereocenters. The van der Waals surface area contributed by atoms with E-state index in [1.54, 1.807) is 6.07 Å². The summed E-state index contributed by atoms with van der Waals surface area (Å²) in [4.78, 5) is 0. The Kier molecular flexibility index (Phi) is 4.15. The van der Waals surface area contributed by atoms with Crippen LogP contribution in [0.4, 0.5) is 0 Å². The van der Waals surface area contributed by atoms with E-state index in [4.69, 9.17) is 15.7 Å². The van der Waals surface area contributed by atoms with Crippen molar-refractivity contribution in [1.82, 2.24) is 0 Å². The molecule has 1 rings (SSSR count). The van der Waals surface area contributed by atoms with Crippen molar-refractivity contribution in [3.63, 3.8) is 0 Å². The molecule has 0 bridgehead atoms. The lowest BCUT2D eigenvalue weighted by Gasteiger charge is -2.15. The summed E-state index contributed by atoms with van der Waals surface area (Å²) in [5.41, 5.74) is 6.94. The lowest BCUT2D eigenvalue weighted by Crippen LogP contribution is -2.10. The molecular formula is C12H16N2O2. The number of rotatable bonds is 4. The summed E-state index contributed by atoms with van der Waals surface area (Å²) in [6.07, 6.45) is 1.67. The fourth-order valence-corrected chi connectivity index (χ4v) is 1.60. The third-order valence-corrected chi connectivity index (χ3v) is 2.45. The van der Waals surface area contributed by atoms with Gasteiger partial charge in [0.05, 0.1) is 18.7 Å². The Hall–Kier alpha value is -1.73. The van der Waals surface area contributed by atoms with Gasteiger partial charge in [0, 0.05) is 17.7 Å². The number of nitriles is 1. The quantitative estimate of drug-likeness (QED) is 0.814. The molecule has 3 N–H and O–H groups in total. The van der Waals surface area contributed by atoms with Crippen LogP contribution in [-0.4, -0.2) is 12.2 Å². The number of hydrogen-bond donors (Lipinski definition) is 2. The highest BCUT2D eigenvalue weighted by molar-refractivity contribution is 5.52. The van der Waals surface area contributed by atoms with Crippen molar-refractivity contribution in [2.75, 3.05) is 7.11 Å². The second-order valence-electron chi connectivity index (χ2n) is 3.62. The topological polar surface area (TPSA) is 79.3 Å². The number of phenols is 1. The van der Waals surface area contributed by atoms with Crippen LogP contribution < -0.4 is 10.5 Å². The minimum absolute atomic E-state index is 0.0300. The van der Waals surface area contributed by atoms with Crippen molar-refractivity contribution in [2.24, 2.45) is 5.73 Å². The van der Waals surface area contributed by atoms with Gasteiger partial charge in [-0.2, -0.15) is 5.26 Å². The zero-order chi connectivity index (χ0) is 12.1. The van der Waals surface area contributed by atoms with Crippen LogP contribution in [0.25, 0.3) is 0 Å². The predicted octanol–water partition coefficient (Wildman–Crippen LogP) is 2.07. The summed E-state index contributed by atoms with van der Waals surface area (Å²) in [7, 11) is 1.45. The van der Waals surface area contributed by atoms with E-state index in [-0.39, 0.29) is 11.8 Å². The van der Waals surface area contributed by atoms with Crippen LogP contribution in [0.2, 0.25) is 0 Å². The Balaban J connectivity index is 3.21. The second kappa shape index (κ2) is 5.38. The minimum atomic E-state index is -0.271. The summed E-state index contributed by atoms with van der Waals surface area (Å²) in [5.74, 6) is 0.322. The summed E-state index contributed by atoms with van der Waals surface area (Å²) < 4.78 is 5.00. The highest BCUT2D eigenvalue weighted by Crippen LogP contribution is 2.35. The first-order valence-corrected chi connectivity index (χ1v) is 5.20. The molecular weight excluding hydrogens is 204 g/mol. The molecule has 0 fully saturated rings. The van der Waals surface area contributed by atoms with E-state index in [1.807, 2.05) is 13.0 Å². The first-order chi connectivity index (χ1) is 7.63. The smallest absolute Gasteiger partial charge is 0.162 e. The van der Waals surface area contributed by atoms with E-state index < -0.39 is 0 Å². The van der Waals surface area contributed by atoms with Crippen LogP contribution in [0.3, 0.4) is 0 Å². The van der Waals surface area contributed by atoms with Gasteiger partial charge in [0.2, 0.25) is 0 Å². The van der Waals surface area contributed by atoms with Crippen molar-refractivity contribution < 1.29 is 9.84 Å². The van der Waals surface area contributed by atoms with Gasteiger partial charge in [0.1, 0.15) is 0 Å². The van der Waals surface area contributed by atoms with Crippen molar-refractivity contribution in [2.45, 2.75) is 25.8 Å². The van der Waals surface area contributed by atoms with E-state index in [2.05, 4.69) is 0 Å². The van der Waals surface area contributed by atoms with E-state index in [1.165, 1.54) is 13.2 Å². The molecule has 0 aliphatic carbocycles. The molecule has 0 heterocycles. The van der Waals surface area contributed by atoms with Crippen molar-refractivity contribution in [3.05, 3.63) is 23.3 Å². The average Bonchev–Trinajstić information content (AvgIpc) is 2.29. The highest BCUT2D eigenvalue weighted by Gasteiger charge is 2.15. The first kappa shape index (κ1) is 12.3. The molecule has 16 heavy (non-hydrogen) atoms. The molecule has 0 radical (unpaired) electrons. The molecule has 0 saturated heterocycles. The van der Waals surface area contributed by atoms with Gasteiger partial charge in [-0.15, -0.1) is 0 Å². The minimum Gasteiger partial charge on any atom is -0.504 e. The van der Waals surface area contributed by atoms with Gasteiger partial charge in [-0.3, -0.25) is 0 Å². The fraction of sp³-hybridized carbons (Fsp3) is 0.417. The SMILES string of the molecule is CCC[C@@H](N)c1cc(C#N)cc(OC)c1O. The van der Waals surface area contributed by atoms with Crippen LogP contribution in [0.1, 0.15) is 36.9 Å². The van der Waals surface area contributed by atoms with E-state index in [0.29, 0.717) is 16.9 Å². The third-order valence-electron chi connectivity index (χ3n) is 2.45. The van der Waals surface area contributed by atoms with Gasteiger partial charge < -0.3 is 15.6 Å². The van der Waals surface area contributed by atoms with E-state index in [9.17, 15) is 5.11 Å². The largest absolute Gasteiger partial charge is 0.504 e. The molecule has 0 saturated carbocycles. The van der Waals surface area contributed by atoms with Gasteiger partial charge in [-0.25, -0.2) is 0 Å². The zero-order valence-corrected chi connectivity index (χ0v) is 9.53. The van der Waals surface area contributed by atoms with Crippen LogP contribution >= 0.6 is 0 Å². The normalized spacial score (nSPS) is 11.9. The predicted molar refractivity (Wildman–Crippen MR) is 61.2 cm³/mol. The zero-order valence-electron chi connectivity index (χ0n) is 9.53. The summed E-state index contributed by atoms with van der Waals surface area (Å²) in [5, 5.41) is 18.7. The van der Waals surface area contributed by atoms with Crippen molar-refractivity contribution >= 4 is 0 Å². The van der Waals surface area contributed by atoms with Crippen LogP contribution in [-0.2, 0) is 0 Å². The summed E-state index contributed by atoms with van der Waals surface area (Å²) in [6.45, 7) is 2.02. The van der Waals surface area contributed by atoms with Gasteiger partial charge in [-0.05, 0) is 12.5 Å². The van der Waals surface area contributed by atoms with Crippen molar-refractivity contribution in [3.8, 4) is 17.6 Å². The molecule has 0 spiro atoms. The van der Waals surface area contributed by atoms with Crippen LogP contribution in [0.5, 0.6) is 11.5 Å². The molecule has 1 aromatic carbocycles. The number of hydrogen-bond acceptors (Lipinski definition) is 4. The highest BCUT2D eigenvalue weighted by atomic mass is 16.5. The Morgan fingerprint density at radius 2 is 2.25 bits per heavy atom. The second-order valence-corrected chi connectivity index (χ2v) is 3.62. The Bertz CT molecular complexity index is 410. The van der Waals surface area contributed by atoms with E-state index in [0.717, 1.165) is 12.8 Å². The van der Waals surface area contributed by atoms with Gasteiger partial charge in [0.25, 0.3) is 0 Å². The Morgan fingerprint density at radius 3 is 2.75 bits per heavy atom. The number of ether oxygens (including phenoxy) is 1. The van der Waals surface area contributed by atoms with Gasteiger partial charge >= 0.3 is 0 Å². The van der Waals surface area contributed by atoms with Crippen LogP contribution in [0, 0.1) is 11.3 Å². The number of phenolic OH excluding ortho intramolecular Hbond substituents is 1. The maximum Gasteiger partial charge on any atom is 0.162 e. The molecule has 0 amide bonds. The lowest BCUT2D eigenvalue weighted by molar-refractivity contribution is 0.367. The molecule has 0 aliphatic rings. The molecule has 0 aliphatic heterocycles. The molecule has 0 aromatic heterocycles.